The van der Waals surface area contributed by atoms with Gasteiger partial charge in [-0.05, 0) is 18.1 Å². The predicted octanol–water partition coefficient (Wildman–Crippen LogP) is 2.59. The van der Waals surface area contributed by atoms with E-state index in [0.29, 0.717) is 5.69 Å². The molecule has 0 saturated heterocycles. The molecule has 0 aliphatic carbocycles. The first kappa shape index (κ1) is 15.0. The number of benzene rings is 1. The van der Waals surface area contributed by atoms with Crippen molar-refractivity contribution in [1.82, 2.24) is 0 Å². The number of hydrogen-bond donors (Lipinski definition) is 0. The molecule has 0 N–H and O–H groups in total. The summed E-state index contributed by atoms with van der Waals surface area (Å²) in [5.41, 5.74) is 0.393. The van der Waals surface area contributed by atoms with E-state index < -0.39 is 11.7 Å². The highest BCUT2D eigenvalue weighted by molar-refractivity contribution is 5.96. The highest BCUT2D eigenvalue weighted by atomic mass is 19.1. The summed E-state index contributed by atoms with van der Waals surface area (Å²) < 4.78 is 18.4. The maximum atomic E-state index is 13.6. The Kier molecular flexibility index (Phi) is 4.87. The van der Waals surface area contributed by atoms with Gasteiger partial charge in [0.1, 0.15) is 5.92 Å². The SMILES string of the molecule is COc1ccc(N(C)C(=O)C(C#N)C(C)C)cc1F. The first-order chi connectivity index (χ1) is 8.92. The predicted molar refractivity (Wildman–Crippen MR) is 70.3 cm³/mol. The van der Waals surface area contributed by atoms with Crippen molar-refractivity contribution in [3.63, 3.8) is 0 Å². The van der Waals surface area contributed by atoms with Gasteiger partial charge in [0.15, 0.2) is 11.6 Å². The molecule has 5 heteroatoms. The molecule has 0 aliphatic rings. The third-order valence-corrected chi connectivity index (χ3v) is 2.93. The van der Waals surface area contributed by atoms with Crippen molar-refractivity contribution in [2.24, 2.45) is 11.8 Å². The van der Waals surface area contributed by atoms with Crippen molar-refractivity contribution in [2.75, 3.05) is 19.1 Å². The first-order valence-corrected chi connectivity index (χ1v) is 5.93. The summed E-state index contributed by atoms with van der Waals surface area (Å²) in [4.78, 5) is 13.4. The van der Waals surface area contributed by atoms with E-state index in [-0.39, 0.29) is 17.6 Å². The molecule has 0 fully saturated rings. The largest absolute Gasteiger partial charge is 0.494 e. The topological polar surface area (TPSA) is 53.3 Å². The Bertz CT molecular complexity index is 509. The van der Waals surface area contributed by atoms with Gasteiger partial charge in [-0.2, -0.15) is 5.26 Å². The average molecular weight is 264 g/mol. The van der Waals surface area contributed by atoms with Crippen LogP contribution in [0, 0.1) is 29.0 Å². The summed E-state index contributed by atoms with van der Waals surface area (Å²) in [6, 6.07) is 6.22. The van der Waals surface area contributed by atoms with Crippen molar-refractivity contribution in [2.45, 2.75) is 13.8 Å². The number of methoxy groups -OCH3 is 1. The summed E-state index contributed by atoms with van der Waals surface area (Å²) >= 11 is 0. The molecule has 4 nitrogen and oxygen atoms in total. The lowest BCUT2D eigenvalue weighted by atomic mass is 9.96. The summed E-state index contributed by atoms with van der Waals surface area (Å²) in [6.45, 7) is 3.60. The molecule has 0 radical (unpaired) electrons. The van der Waals surface area contributed by atoms with E-state index >= 15 is 0 Å². The number of anilines is 1. The van der Waals surface area contributed by atoms with E-state index in [0.717, 1.165) is 0 Å². The molecule has 1 aromatic carbocycles. The summed E-state index contributed by atoms with van der Waals surface area (Å²) in [5.74, 6) is -1.61. The van der Waals surface area contributed by atoms with Gasteiger partial charge in [0.25, 0.3) is 0 Å². The normalized spacial score (nSPS) is 11.8. The van der Waals surface area contributed by atoms with Gasteiger partial charge in [0.05, 0.1) is 13.2 Å². The molecular formula is C14H17FN2O2. The minimum atomic E-state index is -0.741. The molecule has 102 valence electrons. The molecule has 0 saturated carbocycles. The van der Waals surface area contributed by atoms with E-state index in [1.54, 1.807) is 19.9 Å². The highest BCUT2D eigenvalue weighted by Crippen LogP contribution is 2.24. The second-order valence-corrected chi connectivity index (χ2v) is 4.57. The third kappa shape index (κ3) is 3.22. The van der Waals surface area contributed by atoms with Crippen LogP contribution in [0.4, 0.5) is 10.1 Å². The van der Waals surface area contributed by atoms with Crippen molar-refractivity contribution >= 4 is 11.6 Å². The lowest BCUT2D eigenvalue weighted by molar-refractivity contribution is -0.121. The second-order valence-electron chi connectivity index (χ2n) is 4.57. The maximum Gasteiger partial charge on any atom is 0.244 e. The lowest BCUT2D eigenvalue weighted by Gasteiger charge is -2.22. The summed E-state index contributed by atoms with van der Waals surface area (Å²) in [6.07, 6.45) is 0. The van der Waals surface area contributed by atoms with Crippen LogP contribution in [0.1, 0.15) is 13.8 Å². The molecule has 0 aliphatic heterocycles. The minimum absolute atomic E-state index is 0.0944. The molecule has 19 heavy (non-hydrogen) atoms. The van der Waals surface area contributed by atoms with E-state index in [1.807, 2.05) is 6.07 Å². The van der Waals surface area contributed by atoms with Gasteiger partial charge in [0, 0.05) is 18.8 Å². The Morgan fingerprint density at radius 2 is 2.11 bits per heavy atom. The van der Waals surface area contributed by atoms with Crippen LogP contribution in [-0.4, -0.2) is 20.1 Å². The zero-order chi connectivity index (χ0) is 14.6. The number of carbonyl (C=O) groups excluding carboxylic acids is 1. The van der Waals surface area contributed by atoms with Crippen LogP contribution in [0.2, 0.25) is 0 Å². The van der Waals surface area contributed by atoms with E-state index in [9.17, 15) is 9.18 Å². The van der Waals surface area contributed by atoms with Crippen molar-refractivity contribution < 1.29 is 13.9 Å². The molecule has 1 unspecified atom stereocenters. The molecular weight excluding hydrogens is 247 g/mol. The number of amides is 1. The van der Waals surface area contributed by atoms with Crippen LogP contribution < -0.4 is 9.64 Å². The second kappa shape index (κ2) is 6.19. The van der Waals surface area contributed by atoms with Crippen molar-refractivity contribution in [3.8, 4) is 11.8 Å². The fourth-order valence-corrected chi connectivity index (χ4v) is 1.69. The van der Waals surface area contributed by atoms with Crippen LogP contribution in [-0.2, 0) is 4.79 Å². The van der Waals surface area contributed by atoms with Gasteiger partial charge in [-0.1, -0.05) is 13.8 Å². The smallest absolute Gasteiger partial charge is 0.244 e. The minimum Gasteiger partial charge on any atom is -0.494 e. The zero-order valence-electron chi connectivity index (χ0n) is 11.5. The van der Waals surface area contributed by atoms with Crippen LogP contribution in [0.15, 0.2) is 18.2 Å². The molecule has 0 aromatic heterocycles. The fraction of sp³-hybridized carbons (Fsp3) is 0.429. The van der Waals surface area contributed by atoms with Gasteiger partial charge in [0.2, 0.25) is 5.91 Å². The Morgan fingerprint density at radius 1 is 1.47 bits per heavy atom. The fourth-order valence-electron chi connectivity index (χ4n) is 1.69. The van der Waals surface area contributed by atoms with E-state index in [2.05, 4.69) is 0 Å². The number of ether oxygens (including phenoxy) is 1. The van der Waals surface area contributed by atoms with E-state index in [1.165, 1.54) is 31.2 Å². The van der Waals surface area contributed by atoms with Crippen LogP contribution in [0.25, 0.3) is 0 Å². The van der Waals surface area contributed by atoms with Gasteiger partial charge < -0.3 is 9.64 Å². The maximum absolute atomic E-state index is 13.6. The summed E-state index contributed by atoms with van der Waals surface area (Å²) in [5, 5.41) is 9.01. The van der Waals surface area contributed by atoms with Crippen LogP contribution >= 0.6 is 0 Å². The Morgan fingerprint density at radius 3 is 2.53 bits per heavy atom. The van der Waals surface area contributed by atoms with Crippen molar-refractivity contribution in [3.05, 3.63) is 24.0 Å². The molecule has 1 rings (SSSR count). The number of nitriles is 1. The monoisotopic (exact) mass is 264 g/mol. The van der Waals surface area contributed by atoms with Crippen LogP contribution in [0.3, 0.4) is 0 Å². The number of rotatable bonds is 4. The Hall–Kier alpha value is -2.09. The molecule has 1 atom stereocenters. The highest BCUT2D eigenvalue weighted by Gasteiger charge is 2.26. The Balaban J connectivity index is 3.00. The molecule has 1 amide bonds. The van der Waals surface area contributed by atoms with Crippen molar-refractivity contribution in [1.29, 1.82) is 5.26 Å². The number of halogens is 1. The molecule has 0 bridgehead atoms. The average Bonchev–Trinajstić information content (AvgIpc) is 2.37. The Labute approximate surface area is 112 Å². The number of hydrogen-bond acceptors (Lipinski definition) is 3. The molecule has 0 heterocycles. The van der Waals surface area contributed by atoms with E-state index in [4.69, 9.17) is 10.00 Å². The van der Waals surface area contributed by atoms with Gasteiger partial charge in [-0.15, -0.1) is 0 Å². The molecule has 0 spiro atoms. The number of carbonyl (C=O) groups is 1. The van der Waals surface area contributed by atoms with Crippen LogP contribution in [0.5, 0.6) is 5.75 Å². The zero-order valence-corrected chi connectivity index (χ0v) is 11.5. The lowest BCUT2D eigenvalue weighted by Crippen LogP contribution is -2.34. The number of nitrogens with zero attached hydrogens (tertiary/aromatic N) is 2. The first-order valence-electron chi connectivity index (χ1n) is 5.93. The quantitative estimate of drug-likeness (QED) is 0.840. The standard InChI is InChI=1S/C14H17FN2O2/c1-9(2)11(8-16)14(18)17(3)10-5-6-13(19-4)12(15)7-10/h5-7,9,11H,1-4H3. The van der Waals surface area contributed by atoms with Gasteiger partial charge >= 0.3 is 0 Å². The van der Waals surface area contributed by atoms with Gasteiger partial charge in [-0.3, -0.25) is 4.79 Å². The van der Waals surface area contributed by atoms with Gasteiger partial charge in [-0.25, -0.2) is 4.39 Å². The molecule has 1 aromatic rings. The third-order valence-electron chi connectivity index (χ3n) is 2.93. The summed E-state index contributed by atoms with van der Waals surface area (Å²) in [7, 11) is 2.90.